The first kappa shape index (κ1) is 18.6. The molecule has 0 aliphatic heterocycles. The van der Waals surface area contributed by atoms with Gasteiger partial charge in [0, 0.05) is 0 Å². The molecule has 0 saturated heterocycles. The molecule has 0 unspecified atom stereocenters. The lowest BCUT2D eigenvalue weighted by Gasteiger charge is -1.95. The maximum Gasteiger partial charge on any atom is 0.357 e. The predicted molar refractivity (Wildman–Crippen MR) is 91.3 cm³/mol. The first-order chi connectivity index (χ1) is 11.4. The zero-order chi connectivity index (χ0) is 17.4. The number of rotatable bonds is 3. The molecule has 0 amide bonds. The van der Waals surface area contributed by atoms with Gasteiger partial charge in [-0.1, -0.05) is 54.1 Å². The SMILES string of the molecule is Cc1ccc(S(=O)(=O)O)cc1.c1ccc([I+]c2ccccc2)cc1. The normalized spacial score (nSPS) is 10.6. The second-order valence-electron chi connectivity index (χ2n) is 4.97. The summed E-state index contributed by atoms with van der Waals surface area (Å²) in [4.78, 5) is -0.0666. The van der Waals surface area contributed by atoms with Crippen molar-refractivity contribution in [3.8, 4) is 0 Å². The number of halogens is 1. The van der Waals surface area contributed by atoms with E-state index in [-0.39, 0.29) is 26.1 Å². The lowest BCUT2D eigenvalue weighted by atomic mass is 10.2. The van der Waals surface area contributed by atoms with Gasteiger partial charge in [-0.05, 0) is 43.3 Å². The molecule has 0 spiro atoms. The monoisotopic (exact) mass is 453 g/mol. The third kappa shape index (κ3) is 6.43. The van der Waals surface area contributed by atoms with Gasteiger partial charge < -0.3 is 0 Å². The van der Waals surface area contributed by atoms with Crippen LogP contribution in [0, 0.1) is 14.1 Å². The topological polar surface area (TPSA) is 54.4 Å². The molecule has 1 N–H and O–H groups in total. The van der Waals surface area contributed by atoms with Gasteiger partial charge in [0.1, 0.15) is 0 Å². The van der Waals surface area contributed by atoms with Gasteiger partial charge in [-0.2, -0.15) is 8.42 Å². The standard InChI is InChI=1S/C12H10I.C7H8O3S/c1-3-7-11(8-4-1)13-12-9-5-2-6-10-12;1-6-2-4-7(5-3-6)11(8,9)10/h1-10H;2-5H,1H3,(H,8,9,10)/q+1;. The summed E-state index contributed by atoms with van der Waals surface area (Å²) in [5.41, 5.74) is 0.956. The Labute approximate surface area is 153 Å². The Morgan fingerprint density at radius 1 is 0.708 bits per heavy atom. The summed E-state index contributed by atoms with van der Waals surface area (Å²) in [7, 11) is -4.02. The maximum absolute atomic E-state index is 10.5. The van der Waals surface area contributed by atoms with Gasteiger partial charge in [-0.25, -0.2) is 0 Å². The second kappa shape index (κ2) is 8.96. The van der Waals surface area contributed by atoms with Crippen molar-refractivity contribution >= 4 is 10.1 Å². The molecule has 3 aromatic rings. The van der Waals surface area contributed by atoms with E-state index in [9.17, 15) is 8.42 Å². The smallest absolute Gasteiger partial charge is 0.282 e. The highest BCUT2D eigenvalue weighted by molar-refractivity contribution is 7.85. The number of hydrogen-bond acceptors (Lipinski definition) is 2. The van der Waals surface area contributed by atoms with Crippen LogP contribution in [-0.4, -0.2) is 13.0 Å². The van der Waals surface area contributed by atoms with Crippen molar-refractivity contribution in [3.63, 3.8) is 0 Å². The van der Waals surface area contributed by atoms with Gasteiger partial charge in [-0.15, -0.1) is 0 Å². The Morgan fingerprint density at radius 3 is 1.50 bits per heavy atom. The molecular formula is C19H18IO3S+. The highest BCUT2D eigenvalue weighted by Gasteiger charge is 2.12. The van der Waals surface area contributed by atoms with E-state index < -0.39 is 10.1 Å². The summed E-state index contributed by atoms with van der Waals surface area (Å²) < 4.78 is 32.5. The lowest BCUT2D eigenvalue weighted by molar-refractivity contribution is -0.597. The van der Waals surface area contributed by atoms with Crippen LogP contribution in [-0.2, 0) is 10.1 Å². The molecule has 24 heavy (non-hydrogen) atoms. The average Bonchev–Trinajstić information content (AvgIpc) is 2.57. The van der Waals surface area contributed by atoms with Crippen LogP contribution >= 0.6 is 0 Å². The Balaban J connectivity index is 0.000000177. The van der Waals surface area contributed by atoms with E-state index in [0.29, 0.717) is 0 Å². The Hall–Kier alpha value is -1.70. The number of hydrogen-bond donors (Lipinski definition) is 1. The highest BCUT2D eigenvalue weighted by Crippen LogP contribution is 2.08. The highest BCUT2D eigenvalue weighted by atomic mass is 127. The fourth-order valence-electron chi connectivity index (χ4n) is 1.79. The van der Waals surface area contributed by atoms with Crippen molar-refractivity contribution in [1.29, 1.82) is 0 Å². The molecule has 0 aliphatic rings. The number of aryl methyl sites for hydroxylation is 1. The van der Waals surface area contributed by atoms with Crippen LogP contribution in [0.15, 0.2) is 89.8 Å². The molecule has 0 fully saturated rings. The van der Waals surface area contributed by atoms with E-state index in [0.717, 1.165) is 5.56 Å². The Kier molecular flexibility index (Phi) is 6.96. The number of benzene rings is 3. The van der Waals surface area contributed by atoms with Gasteiger partial charge in [0.2, 0.25) is 0 Å². The second-order valence-corrected chi connectivity index (χ2v) is 9.43. The van der Waals surface area contributed by atoms with Crippen molar-refractivity contribution in [1.82, 2.24) is 0 Å². The van der Waals surface area contributed by atoms with Gasteiger partial charge in [0.05, 0.1) is 4.90 Å². The van der Waals surface area contributed by atoms with Gasteiger partial charge in [0.25, 0.3) is 10.1 Å². The third-order valence-corrected chi connectivity index (χ3v) is 6.56. The van der Waals surface area contributed by atoms with Gasteiger partial charge in [0.15, 0.2) is 7.14 Å². The van der Waals surface area contributed by atoms with E-state index in [2.05, 4.69) is 60.7 Å². The van der Waals surface area contributed by atoms with E-state index in [1.807, 2.05) is 6.92 Å². The zero-order valence-electron chi connectivity index (χ0n) is 13.1. The molecule has 0 atom stereocenters. The summed E-state index contributed by atoms with van der Waals surface area (Å²) in [5.74, 6) is 0. The van der Waals surface area contributed by atoms with Crippen LogP contribution in [0.3, 0.4) is 0 Å². The van der Waals surface area contributed by atoms with Crippen LogP contribution in [0.1, 0.15) is 5.56 Å². The quantitative estimate of drug-likeness (QED) is 0.477. The maximum atomic E-state index is 10.5. The largest absolute Gasteiger partial charge is 0.357 e. The van der Waals surface area contributed by atoms with Crippen molar-refractivity contribution in [3.05, 3.63) is 97.6 Å². The van der Waals surface area contributed by atoms with Crippen molar-refractivity contribution in [2.75, 3.05) is 0 Å². The molecule has 3 nitrogen and oxygen atoms in total. The summed E-state index contributed by atoms with van der Waals surface area (Å²) in [5, 5.41) is 0. The minimum atomic E-state index is -4.02. The summed E-state index contributed by atoms with van der Waals surface area (Å²) >= 11 is 0.0287. The summed E-state index contributed by atoms with van der Waals surface area (Å²) in [6.07, 6.45) is 0. The van der Waals surface area contributed by atoms with Crippen molar-refractivity contribution < 1.29 is 34.2 Å². The van der Waals surface area contributed by atoms with E-state index in [4.69, 9.17) is 4.55 Å². The van der Waals surface area contributed by atoms with Crippen LogP contribution < -0.4 is 21.2 Å². The molecule has 0 aliphatic carbocycles. The van der Waals surface area contributed by atoms with E-state index >= 15 is 0 Å². The molecule has 124 valence electrons. The molecule has 0 bridgehead atoms. The summed E-state index contributed by atoms with van der Waals surface area (Å²) in [6.45, 7) is 1.84. The van der Waals surface area contributed by atoms with Crippen molar-refractivity contribution in [2.24, 2.45) is 0 Å². The molecule has 3 rings (SSSR count). The van der Waals surface area contributed by atoms with Crippen LogP contribution in [0.5, 0.6) is 0 Å². The average molecular weight is 453 g/mol. The fraction of sp³-hybridized carbons (Fsp3) is 0.0526. The molecule has 0 heterocycles. The van der Waals surface area contributed by atoms with Crippen LogP contribution in [0.25, 0.3) is 0 Å². The fourth-order valence-corrected chi connectivity index (χ4v) is 4.54. The molecular weight excluding hydrogens is 435 g/mol. The molecule has 5 heteroatoms. The third-order valence-electron chi connectivity index (χ3n) is 3.00. The minimum Gasteiger partial charge on any atom is -0.282 e. The molecule has 0 saturated carbocycles. The first-order valence-corrected chi connectivity index (χ1v) is 10.8. The Morgan fingerprint density at radius 2 is 1.12 bits per heavy atom. The zero-order valence-corrected chi connectivity index (χ0v) is 16.1. The Bertz CT molecular complexity index is 809. The van der Waals surface area contributed by atoms with E-state index in [1.54, 1.807) is 12.1 Å². The van der Waals surface area contributed by atoms with Crippen LogP contribution in [0.2, 0.25) is 0 Å². The molecule has 3 aromatic carbocycles. The predicted octanol–water partition coefficient (Wildman–Crippen LogP) is 1.06. The van der Waals surface area contributed by atoms with Crippen LogP contribution in [0.4, 0.5) is 0 Å². The summed E-state index contributed by atoms with van der Waals surface area (Å²) in [6, 6.07) is 27.4. The minimum absolute atomic E-state index is 0.0287. The van der Waals surface area contributed by atoms with Gasteiger partial charge >= 0.3 is 21.2 Å². The van der Waals surface area contributed by atoms with Crippen molar-refractivity contribution in [2.45, 2.75) is 11.8 Å². The lowest BCUT2D eigenvalue weighted by Crippen LogP contribution is -3.61. The molecule has 0 radical (unpaired) electrons. The first-order valence-electron chi connectivity index (χ1n) is 7.24. The van der Waals surface area contributed by atoms with Gasteiger partial charge in [-0.3, -0.25) is 4.55 Å². The molecule has 0 aromatic heterocycles. The van der Waals surface area contributed by atoms with E-state index in [1.165, 1.54) is 19.3 Å².